The van der Waals surface area contributed by atoms with E-state index >= 15 is 0 Å². The molecule has 3 aromatic rings. The van der Waals surface area contributed by atoms with Crippen molar-refractivity contribution in [3.63, 3.8) is 0 Å². The Balaban J connectivity index is 1.52. The van der Waals surface area contributed by atoms with Gasteiger partial charge in [0, 0.05) is 5.69 Å². The fourth-order valence-corrected chi connectivity index (χ4v) is 3.99. The molecule has 0 spiro atoms. The molecule has 9 heteroatoms. The topological polar surface area (TPSA) is 102 Å². The number of rotatable bonds is 6. The van der Waals surface area contributed by atoms with E-state index in [9.17, 15) is 19.2 Å². The zero-order valence-electron chi connectivity index (χ0n) is 19.6. The average Bonchev–Trinajstić information content (AvgIpc) is 3.06. The van der Waals surface area contributed by atoms with Gasteiger partial charge in [0.2, 0.25) is 0 Å². The third-order valence-corrected chi connectivity index (χ3v) is 5.72. The predicted molar refractivity (Wildman–Crippen MR) is 134 cm³/mol. The highest BCUT2D eigenvalue weighted by atomic mass is 35.5. The van der Waals surface area contributed by atoms with E-state index in [4.69, 9.17) is 21.1 Å². The fraction of sp³-hybridized carbons (Fsp3) is 0.111. The molecule has 0 unspecified atom stereocenters. The molecule has 4 rings (SSSR count). The molecule has 0 radical (unpaired) electrons. The molecule has 2 amide bonds. The number of nitrogens with zero attached hydrogens (tertiary/aromatic N) is 1. The Morgan fingerprint density at radius 2 is 1.50 bits per heavy atom. The largest absolute Gasteiger partial charge is 0.465 e. The van der Waals surface area contributed by atoms with Crippen molar-refractivity contribution in [1.29, 1.82) is 0 Å². The molecule has 0 saturated heterocycles. The van der Waals surface area contributed by atoms with E-state index in [1.54, 1.807) is 36.4 Å². The number of carbonyl (C=O) groups is 4. The molecular formula is C27H21ClN2O6. The zero-order chi connectivity index (χ0) is 26.0. The summed E-state index contributed by atoms with van der Waals surface area (Å²) in [5.41, 5.74) is 2.59. The van der Waals surface area contributed by atoms with Crippen LogP contribution in [0.2, 0.25) is 0 Å². The summed E-state index contributed by atoms with van der Waals surface area (Å²) in [7, 11) is 1.20. The molecule has 1 heterocycles. The lowest BCUT2D eigenvalue weighted by molar-refractivity contribution is -0.120. The first-order valence-corrected chi connectivity index (χ1v) is 11.2. The minimum absolute atomic E-state index is 0.0408. The minimum Gasteiger partial charge on any atom is -0.465 e. The van der Waals surface area contributed by atoms with Crippen LogP contribution in [0.1, 0.15) is 31.8 Å². The molecular weight excluding hydrogens is 484 g/mol. The number of amides is 2. The van der Waals surface area contributed by atoms with Crippen molar-refractivity contribution in [2.24, 2.45) is 0 Å². The Kier molecular flexibility index (Phi) is 6.89. The van der Waals surface area contributed by atoms with Crippen LogP contribution in [0.25, 0.3) is 0 Å². The second-order valence-corrected chi connectivity index (χ2v) is 8.44. The number of imide groups is 1. The molecule has 0 saturated carbocycles. The monoisotopic (exact) mass is 504 g/mol. The number of halogens is 1. The van der Waals surface area contributed by atoms with Crippen LogP contribution in [0, 0.1) is 13.8 Å². The number of benzene rings is 3. The summed E-state index contributed by atoms with van der Waals surface area (Å²) in [6, 6.07) is 17.7. The maximum absolute atomic E-state index is 13.1. The smallest absolute Gasteiger partial charge is 0.343 e. The summed E-state index contributed by atoms with van der Waals surface area (Å²) in [5, 5.41) is 2.50. The Labute approximate surface area is 212 Å². The van der Waals surface area contributed by atoms with Gasteiger partial charge in [-0.05, 0) is 73.5 Å². The summed E-state index contributed by atoms with van der Waals surface area (Å²) in [6.45, 7) is 3.82. The van der Waals surface area contributed by atoms with Crippen molar-refractivity contribution in [2.75, 3.05) is 17.3 Å². The molecule has 3 aromatic carbocycles. The summed E-state index contributed by atoms with van der Waals surface area (Å²) in [6.07, 6.45) is 0. The average molecular weight is 505 g/mol. The fourth-order valence-electron chi connectivity index (χ4n) is 3.77. The van der Waals surface area contributed by atoms with Crippen molar-refractivity contribution in [1.82, 2.24) is 0 Å². The van der Waals surface area contributed by atoms with Gasteiger partial charge in [-0.2, -0.15) is 0 Å². The van der Waals surface area contributed by atoms with Gasteiger partial charge >= 0.3 is 11.9 Å². The Bertz CT molecular complexity index is 1410. The number of carbonyl (C=O) groups excluding carboxylic acids is 4. The molecule has 1 aliphatic rings. The molecule has 36 heavy (non-hydrogen) atoms. The van der Waals surface area contributed by atoms with E-state index < -0.39 is 23.8 Å². The molecule has 0 fully saturated rings. The van der Waals surface area contributed by atoms with Crippen LogP contribution >= 0.6 is 11.6 Å². The molecule has 0 bridgehead atoms. The number of hydrogen-bond donors (Lipinski definition) is 1. The van der Waals surface area contributed by atoms with Gasteiger partial charge in [0.05, 0.1) is 23.9 Å². The number of nitrogens with one attached hydrogen (secondary N) is 1. The minimum atomic E-state index is -0.783. The van der Waals surface area contributed by atoms with Crippen LogP contribution in [0.15, 0.2) is 77.5 Å². The van der Waals surface area contributed by atoms with Crippen LogP contribution in [-0.4, -0.2) is 30.9 Å². The van der Waals surface area contributed by atoms with Gasteiger partial charge in [-0.25, -0.2) is 14.5 Å². The molecule has 1 aliphatic heterocycles. The Morgan fingerprint density at radius 3 is 2.14 bits per heavy atom. The van der Waals surface area contributed by atoms with Crippen molar-refractivity contribution < 1.29 is 28.7 Å². The van der Waals surface area contributed by atoms with Crippen molar-refractivity contribution in [3.05, 3.63) is 99.7 Å². The summed E-state index contributed by atoms with van der Waals surface area (Å²) in [4.78, 5) is 51.4. The Hall–Kier alpha value is -4.43. The Morgan fingerprint density at radius 1 is 0.861 bits per heavy atom. The molecule has 8 nitrogen and oxygen atoms in total. The van der Waals surface area contributed by atoms with Gasteiger partial charge in [0.1, 0.15) is 16.5 Å². The first kappa shape index (κ1) is 24.7. The standard InChI is InChI=1S/C27H21ClN2O6/c1-15-12-16(2)14-19(13-15)36-26(33)17-8-10-18(11-9-17)29-23-22(28)24(31)30(25(23)32)21-7-5-4-6-20(21)27(34)35-3/h4-14,29H,1-3H3. The number of methoxy groups -OCH3 is 1. The first-order chi connectivity index (χ1) is 17.2. The van der Waals surface area contributed by atoms with Crippen LogP contribution in [0.4, 0.5) is 11.4 Å². The highest BCUT2D eigenvalue weighted by Gasteiger charge is 2.40. The van der Waals surface area contributed by atoms with Crippen LogP contribution < -0.4 is 15.0 Å². The van der Waals surface area contributed by atoms with E-state index in [2.05, 4.69) is 5.32 Å². The van der Waals surface area contributed by atoms with E-state index in [0.717, 1.165) is 16.0 Å². The lowest BCUT2D eigenvalue weighted by Crippen LogP contribution is -2.33. The number of para-hydroxylation sites is 1. The first-order valence-electron chi connectivity index (χ1n) is 10.8. The van der Waals surface area contributed by atoms with E-state index in [1.165, 1.54) is 31.4 Å². The second kappa shape index (κ2) is 10.1. The number of esters is 2. The summed E-state index contributed by atoms with van der Waals surface area (Å²) in [5.74, 6) is -2.32. The van der Waals surface area contributed by atoms with Crippen molar-refractivity contribution in [2.45, 2.75) is 13.8 Å². The van der Waals surface area contributed by atoms with Gasteiger partial charge < -0.3 is 14.8 Å². The third kappa shape index (κ3) is 4.85. The van der Waals surface area contributed by atoms with E-state index in [1.807, 2.05) is 19.9 Å². The normalized spacial score (nSPS) is 13.2. The lowest BCUT2D eigenvalue weighted by atomic mass is 10.1. The third-order valence-electron chi connectivity index (χ3n) is 5.37. The van der Waals surface area contributed by atoms with Crippen LogP contribution in [0.5, 0.6) is 5.75 Å². The summed E-state index contributed by atoms with van der Waals surface area (Å²) < 4.78 is 10.2. The van der Waals surface area contributed by atoms with Gasteiger partial charge in [-0.1, -0.05) is 29.8 Å². The van der Waals surface area contributed by atoms with Crippen LogP contribution in [-0.2, 0) is 14.3 Å². The van der Waals surface area contributed by atoms with Gasteiger partial charge in [-0.15, -0.1) is 0 Å². The maximum Gasteiger partial charge on any atom is 0.343 e. The molecule has 182 valence electrons. The number of ether oxygens (including phenoxy) is 2. The number of hydrogen-bond acceptors (Lipinski definition) is 7. The van der Waals surface area contributed by atoms with Gasteiger partial charge in [0.25, 0.3) is 11.8 Å². The number of anilines is 2. The van der Waals surface area contributed by atoms with E-state index in [-0.39, 0.29) is 22.0 Å². The van der Waals surface area contributed by atoms with Gasteiger partial charge in [0.15, 0.2) is 0 Å². The van der Waals surface area contributed by atoms with Crippen LogP contribution in [0.3, 0.4) is 0 Å². The molecule has 0 atom stereocenters. The highest BCUT2D eigenvalue weighted by Crippen LogP contribution is 2.32. The second-order valence-electron chi connectivity index (χ2n) is 8.06. The summed E-state index contributed by atoms with van der Waals surface area (Å²) >= 11 is 6.20. The molecule has 1 N–H and O–H groups in total. The zero-order valence-corrected chi connectivity index (χ0v) is 20.4. The maximum atomic E-state index is 13.1. The molecule has 0 aliphatic carbocycles. The number of aryl methyl sites for hydroxylation is 2. The quantitative estimate of drug-likeness (QED) is 0.294. The van der Waals surface area contributed by atoms with Crippen molar-refractivity contribution >= 4 is 46.7 Å². The van der Waals surface area contributed by atoms with E-state index in [0.29, 0.717) is 17.0 Å². The molecule has 0 aromatic heterocycles. The van der Waals surface area contributed by atoms with Crippen molar-refractivity contribution in [3.8, 4) is 5.75 Å². The lowest BCUT2D eigenvalue weighted by Gasteiger charge is -2.17. The highest BCUT2D eigenvalue weighted by molar-refractivity contribution is 6.53. The van der Waals surface area contributed by atoms with Gasteiger partial charge in [-0.3, -0.25) is 9.59 Å². The predicted octanol–water partition coefficient (Wildman–Crippen LogP) is 4.74. The SMILES string of the molecule is COC(=O)c1ccccc1N1C(=O)C(Cl)=C(Nc2ccc(C(=O)Oc3cc(C)cc(C)c3)cc2)C1=O.